The Morgan fingerprint density at radius 2 is 1.07 bits per heavy atom. The molecule has 0 spiro atoms. The van der Waals surface area contributed by atoms with Crippen LogP contribution in [-0.4, -0.2) is 0 Å². The van der Waals surface area contributed by atoms with E-state index < -0.39 is 0 Å². The molecule has 204 valence electrons. The van der Waals surface area contributed by atoms with E-state index in [2.05, 4.69) is 157 Å². The second-order valence-electron chi connectivity index (χ2n) is 11.0. The molecule has 8 rings (SSSR count). The summed E-state index contributed by atoms with van der Waals surface area (Å²) in [6, 6.07) is 56.1. The number of anilines is 3. The third kappa shape index (κ3) is 4.36. The summed E-state index contributed by atoms with van der Waals surface area (Å²) in [5.74, 6) is 0.929. The van der Waals surface area contributed by atoms with Crippen LogP contribution < -0.4 is 4.90 Å². The molecule has 0 fully saturated rings. The van der Waals surface area contributed by atoms with Gasteiger partial charge in [-0.05, 0) is 76.7 Å². The summed E-state index contributed by atoms with van der Waals surface area (Å²) >= 11 is 0. The SMILES string of the molecule is Cc1c(-c2cccc(-c3ccc(N(c4ccccc4)c4cc5ccccc5c5ccccc45)cc3)c2)oc2ccccc12. The summed E-state index contributed by atoms with van der Waals surface area (Å²) in [5, 5.41) is 6.14. The van der Waals surface area contributed by atoms with Crippen LogP contribution in [0.15, 0.2) is 162 Å². The van der Waals surface area contributed by atoms with Crippen LogP contribution in [0, 0.1) is 6.92 Å². The lowest BCUT2D eigenvalue weighted by atomic mass is 9.98. The molecule has 0 unspecified atom stereocenters. The van der Waals surface area contributed by atoms with Crippen molar-refractivity contribution in [3.05, 3.63) is 163 Å². The van der Waals surface area contributed by atoms with Crippen molar-refractivity contribution in [1.82, 2.24) is 0 Å². The van der Waals surface area contributed by atoms with E-state index in [1.54, 1.807) is 0 Å². The maximum atomic E-state index is 6.28. The van der Waals surface area contributed by atoms with Gasteiger partial charge in [0, 0.05) is 33.3 Å². The summed E-state index contributed by atoms with van der Waals surface area (Å²) in [5.41, 5.74) is 8.90. The Labute approximate surface area is 251 Å². The van der Waals surface area contributed by atoms with E-state index in [0.717, 1.165) is 50.5 Å². The van der Waals surface area contributed by atoms with Crippen LogP contribution in [0.3, 0.4) is 0 Å². The van der Waals surface area contributed by atoms with Crippen molar-refractivity contribution >= 4 is 49.6 Å². The predicted molar refractivity (Wildman–Crippen MR) is 182 cm³/mol. The van der Waals surface area contributed by atoms with Gasteiger partial charge in [-0.15, -0.1) is 0 Å². The highest BCUT2D eigenvalue weighted by Gasteiger charge is 2.18. The van der Waals surface area contributed by atoms with Crippen molar-refractivity contribution in [3.63, 3.8) is 0 Å². The first-order chi connectivity index (χ1) is 21.2. The highest BCUT2D eigenvalue weighted by Crippen LogP contribution is 2.42. The lowest BCUT2D eigenvalue weighted by Gasteiger charge is -2.27. The van der Waals surface area contributed by atoms with Gasteiger partial charge in [-0.3, -0.25) is 0 Å². The topological polar surface area (TPSA) is 16.4 Å². The molecule has 2 heteroatoms. The third-order valence-corrected chi connectivity index (χ3v) is 8.43. The minimum absolute atomic E-state index is 0.923. The smallest absolute Gasteiger partial charge is 0.138 e. The fourth-order valence-corrected chi connectivity index (χ4v) is 6.32. The van der Waals surface area contributed by atoms with E-state index in [0.29, 0.717) is 0 Å². The van der Waals surface area contributed by atoms with Crippen LogP contribution in [0.25, 0.3) is 55.0 Å². The quantitative estimate of drug-likeness (QED) is 0.198. The number of hydrogen-bond donors (Lipinski definition) is 0. The van der Waals surface area contributed by atoms with E-state index in [1.165, 1.54) is 27.1 Å². The molecular weight excluding hydrogens is 522 g/mol. The molecule has 7 aromatic carbocycles. The molecule has 0 saturated carbocycles. The molecule has 0 aliphatic rings. The molecule has 1 heterocycles. The van der Waals surface area contributed by atoms with Crippen LogP contribution in [0.2, 0.25) is 0 Å². The van der Waals surface area contributed by atoms with Crippen LogP contribution in [0.4, 0.5) is 17.1 Å². The van der Waals surface area contributed by atoms with E-state index in [4.69, 9.17) is 4.42 Å². The number of hydrogen-bond acceptors (Lipinski definition) is 2. The summed E-state index contributed by atoms with van der Waals surface area (Å²) in [7, 11) is 0. The lowest BCUT2D eigenvalue weighted by Crippen LogP contribution is -2.10. The first-order valence-corrected chi connectivity index (χ1v) is 14.7. The molecule has 0 aliphatic carbocycles. The second-order valence-corrected chi connectivity index (χ2v) is 11.0. The number of para-hydroxylation sites is 2. The summed E-state index contributed by atoms with van der Waals surface area (Å²) in [4.78, 5) is 2.37. The fourth-order valence-electron chi connectivity index (χ4n) is 6.32. The van der Waals surface area contributed by atoms with Crippen molar-refractivity contribution in [1.29, 1.82) is 0 Å². The van der Waals surface area contributed by atoms with Gasteiger partial charge in [0.1, 0.15) is 11.3 Å². The number of benzene rings is 7. The zero-order valence-corrected chi connectivity index (χ0v) is 23.9. The minimum atomic E-state index is 0.923. The van der Waals surface area contributed by atoms with Crippen molar-refractivity contribution < 1.29 is 4.42 Å². The number of furan rings is 1. The van der Waals surface area contributed by atoms with Gasteiger partial charge in [0.25, 0.3) is 0 Å². The molecule has 1 aromatic heterocycles. The summed E-state index contributed by atoms with van der Waals surface area (Å²) in [6.45, 7) is 2.14. The van der Waals surface area contributed by atoms with Crippen molar-refractivity contribution in [2.75, 3.05) is 4.90 Å². The number of fused-ring (bicyclic) bond motifs is 4. The standard InChI is InChI=1S/C41H29NO/c1-28-35-17-9-10-21-40(35)43-41(28)32-14-11-13-30(26-32)29-22-24-34(25-23-29)42(33-15-3-2-4-16-33)39-27-31-12-5-6-18-36(31)37-19-7-8-20-38(37)39/h2-27H,1H3. The van der Waals surface area contributed by atoms with Crippen molar-refractivity contribution in [3.8, 4) is 22.5 Å². The van der Waals surface area contributed by atoms with Crippen molar-refractivity contribution in [2.24, 2.45) is 0 Å². The lowest BCUT2D eigenvalue weighted by molar-refractivity contribution is 0.629. The molecule has 0 aliphatic heterocycles. The van der Waals surface area contributed by atoms with E-state index in [-0.39, 0.29) is 0 Å². The van der Waals surface area contributed by atoms with Gasteiger partial charge in [-0.25, -0.2) is 0 Å². The van der Waals surface area contributed by atoms with Crippen LogP contribution in [0.5, 0.6) is 0 Å². The first-order valence-electron chi connectivity index (χ1n) is 14.7. The Morgan fingerprint density at radius 1 is 0.442 bits per heavy atom. The molecule has 0 bridgehead atoms. The predicted octanol–water partition coefficient (Wildman–Crippen LogP) is 11.9. The minimum Gasteiger partial charge on any atom is -0.456 e. The molecule has 8 aromatic rings. The Bertz CT molecular complexity index is 2240. The number of aryl methyl sites for hydroxylation is 1. The molecule has 0 saturated heterocycles. The maximum absolute atomic E-state index is 6.28. The molecule has 2 nitrogen and oxygen atoms in total. The van der Waals surface area contributed by atoms with Gasteiger partial charge in [0.2, 0.25) is 0 Å². The number of rotatable bonds is 5. The fraction of sp³-hybridized carbons (Fsp3) is 0.0244. The van der Waals surface area contributed by atoms with Crippen LogP contribution in [0.1, 0.15) is 5.56 Å². The molecule has 0 radical (unpaired) electrons. The average molecular weight is 552 g/mol. The van der Waals surface area contributed by atoms with E-state index in [9.17, 15) is 0 Å². The van der Waals surface area contributed by atoms with Gasteiger partial charge in [-0.1, -0.05) is 115 Å². The Hall–Kier alpha value is -5.60. The van der Waals surface area contributed by atoms with Crippen LogP contribution >= 0.6 is 0 Å². The van der Waals surface area contributed by atoms with Gasteiger partial charge in [0.05, 0.1) is 5.69 Å². The average Bonchev–Trinajstić information content (AvgIpc) is 3.42. The van der Waals surface area contributed by atoms with E-state index >= 15 is 0 Å². The largest absolute Gasteiger partial charge is 0.456 e. The Kier molecular flexibility index (Phi) is 6.05. The van der Waals surface area contributed by atoms with Gasteiger partial charge in [0.15, 0.2) is 0 Å². The van der Waals surface area contributed by atoms with Crippen molar-refractivity contribution in [2.45, 2.75) is 6.92 Å². The number of nitrogens with zero attached hydrogens (tertiary/aromatic N) is 1. The zero-order chi connectivity index (χ0) is 28.8. The molecular formula is C41H29NO. The monoisotopic (exact) mass is 551 g/mol. The zero-order valence-electron chi connectivity index (χ0n) is 23.9. The summed E-state index contributed by atoms with van der Waals surface area (Å²) < 4.78 is 6.28. The molecule has 43 heavy (non-hydrogen) atoms. The van der Waals surface area contributed by atoms with Gasteiger partial charge in [-0.2, -0.15) is 0 Å². The maximum Gasteiger partial charge on any atom is 0.138 e. The third-order valence-electron chi connectivity index (χ3n) is 8.43. The van der Waals surface area contributed by atoms with E-state index in [1.807, 2.05) is 12.1 Å². The molecule has 0 atom stereocenters. The first kappa shape index (κ1) is 25.1. The highest BCUT2D eigenvalue weighted by molar-refractivity contribution is 6.14. The second kappa shape index (κ2) is 10.3. The molecule has 0 N–H and O–H groups in total. The normalized spacial score (nSPS) is 11.4. The summed E-state index contributed by atoms with van der Waals surface area (Å²) in [6.07, 6.45) is 0. The van der Waals surface area contributed by atoms with Crippen LogP contribution in [-0.2, 0) is 0 Å². The Morgan fingerprint density at radius 3 is 1.86 bits per heavy atom. The Balaban J connectivity index is 1.23. The molecule has 0 amide bonds. The highest BCUT2D eigenvalue weighted by atomic mass is 16.3. The van der Waals surface area contributed by atoms with Gasteiger partial charge < -0.3 is 9.32 Å². The van der Waals surface area contributed by atoms with Gasteiger partial charge >= 0.3 is 0 Å².